The molecular weight excluding hydrogens is 322 g/mol. The lowest BCUT2D eigenvalue weighted by Gasteiger charge is -2.24. The lowest BCUT2D eigenvalue weighted by Crippen LogP contribution is -2.45. The van der Waals surface area contributed by atoms with Gasteiger partial charge in [-0.25, -0.2) is 13.8 Å². The minimum atomic E-state index is -2.07. The van der Waals surface area contributed by atoms with E-state index in [1.165, 1.54) is 0 Å². The van der Waals surface area contributed by atoms with E-state index in [0.29, 0.717) is 0 Å². The zero-order valence-electron chi connectivity index (χ0n) is 13.2. The number of carbonyl (C=O) groups excluding carboxylic acids is 2. The standard InChI is InChI=1S/C15H19NO6S/c1-15(2,3)22-14(18)16-12(10-21-23(16)19)13(17)20-9-11-7-5-4-6-8-11/h4-8,12H,9-10H2,1-3H3/t12-,23?/m0/s1. The van der Waals surface area contributed by atoms with Crippen LogP contribution < -0.4 is 0 Å². The van der Waals surface area contributed by atoms with Crippen molar-refractivity contribution in [2.75, 3.05) is 6.61 Å². The Morgan fingerprint density at radius 2 is 1.96 bits per heavy atom. The van der Waals surface area contributed by atoms with Gasteiger partial charge in [-0.2, -0.15) is 4.31 Å². The molecular formula is C15H19NO6S. The van der Waals surface area contributed by atoms with Crippen molar-refractivity contribution in [3.05, 3.63) is 35.9 Å². The summed E-state index contributed by atoms with van der Waals surface area (Å²) in [7, 11) is 0. The molecule has 0 bridgehead atoms. The van der Waals surface area contributed by atoms with Crippen LogP contribution in [0, 0.1) is 0 Å². The van der Waals surface area contributed by atoms with Gasteiger partial charge in [-0.05, 0) is 26.3 Å². The second-order valence-electron chi connectivity index (χ2n) is 5.92. The van der Waals surface area contributed by atoms with Crippen LogP contribution in [-0.2, 0) is 36.3 Å². The van der Waals surface area contributed by atoms with Crippen LogP contribution in [0.5, 0.6) is 0 Å². The predicted molar refractivity (Wildman–Crippen MR) is 82.2 cm³/mol. The van der Waals surface area contributed by atoms with Crippen LogP contribution in [0.4, 0.5) is 4.79 Å². The summed E-state index contributed by atoms with van der Waals surface area (Å²) >= 11 is -2.07. The van der Waals surface area contributed by atoms with Crippen molar-refractivity contribution >= 4 is 23.3 Å². The van der Waals surface area contributed by atoms with Crippen molar-refractivity contribution in [2.45, 2.75) is 39.0 Å². The highest BCUT2D eigenvalue weighted by Crippen LogP contribution is 2.21. The van der Waals surface area contributed by atoms with Gasteiger partial charge in [0.1, 0.15) is 12.2 Å². The van der Waals surface area contributed by atoms with Crippen molar-refractivity contribution < 1.29 is 27.5 Å². The van der Waals surface area contributed by atoms with E-state index in [0.717, 1.165) is 9.87 Å². The fourth-order valence-electron chi connectivity index (χ4n) is 1.83. The average Bonchev–Trinajstić information content (AvgIpc) is 2.86. The number of esters is 1. The van der Waals surface area contributed by atoms with E-state index in [1.54, 1.807) is 20.8 Å². The zero-order chi connectivity index (χ0) is 17.0. The Balaban J connectivity index is 2.00. The third kappa shape index (κ3) is 4.77. The molecule has 8 heteroatoms. The quantitative estimate of drug-likeness (QED) is 0.782. The van der Waals surface area contributed by atoms with Crippen LogP contribution in [0.3, 0.4) is 0 Å². The Morgan fingerprint density at radius 3 is 2.57 bits per heavy atom. The summed E-state index contributed by atoms with van der Waals surface area (Å²) in [4.78, 5) is 24.2. The Hall–Kier alpha value is -1.93. The predicted octanol–water partition coefficient (Wildman–Crippen LogP) is 1.94. The Morgan fingerprint density at radius 1 is 1.30 bits per heavy atom. The van der Waals surface area contributed by atoms with Crippen LogP contribution in [-0.4, -0.2) is 38.8 Å². The first-order valence-electron chi connectivity index (χ1n) is 7.06. The molecule has 1 aliphatic heterocycles. The molecule has 23 heavy (non-hydrogen) atoms. The molecule has 2 atom stereocenters. The van der Waals surface area contributed by atoms with Crippen molar-refractivity contribution in [3.8, 4) is 0 Å². The van der Waals surface area contributed by atoms with E-state index < -0.39 is 35.0 Å². The highest BCUT2D eigenvalue weighted by Gasteiger charge is 2.44. The molecule has 2 rings (SSSR count). The van der Waals surface area contributed by atoms with Gasteiger partial charge in [0.25, 0.3) is 11.3 Å². The third-order valence-electron chi connectivity index (χ3n) is 2.84. The molecule has 1 aromatic carbocycles. The summed E-state index contributed by atoms with van der Waals surface area (Å²) in [6.45, 7) is 4.89. The summed E-state index contributed by atoms with van der Waals surface area (Å²) < 4.78 is 27.8. The first-order chi connectivity index (χ1) is 10.8. The van der Waals surface area contributed by atoms with E-state index in [1.807, 2.05) is 30.3 Å². The fourth-order valence-corrected chi connectivity index (χ4v) is 2.71. The van der Waals surface area contributed by atoms with Crippen LogP contribution in [0.1, 0.15) is 26.3 Å². The number of hydrogen-bond donors (Lipinski definition) is 0. The van der Waals surface area contributed by atoms with E-state index in [2.05, 4.69) is 0 Å². The van der Waals surface area contributed by atoms with E-state index >= 15 is 0 Å². The van der Waals surface area contributed by atoms with Crippen molar-refractivity contribution in [1.82, 2.24) is 4.31 Å². The number of hydrogen-bond acceptors (Lipinski definition) is 6. The molecule has 1 saturated heterocycles. The molecule has 0 aliphatic carbocycles. The van der Waals surface area contributed by atoms with Gasteiger partial charge in [0.2, 0.25) is 0 Å². The van der Waals surface area contributed by atoms with Gasteiger partial charge in [0.05, 0.1) is 6.61 Å². The molecule has 0 aromatic heterocycles. The van der Waals surface area contributed by atoms with Crippen LogP contribution in [0.15, 0.2) is 30.3 Å². The number of rotatable bonds is 3. The van der Waals surface area contributed by atoms with Gasteiger partial charge >= 0.3 is 12.1 Å². The number of carbonyl (C=O) groups is 2. The lowest BCUT2D eigenvalue weighted by atomic mass is 10.2. The Kier molecular flexibility index (Phi) is 5.38. The van der Waals surface area contributed by atoms with Crippen molar-refractivity contribution in [2.24, 2.45) is 0 Å². The molecule has 126 valence electrons. The van der Waals surface area contributed by atoms with Crippen molar-refractivity contribution in [3.63, 3.8) is 0 Å². The molecule has 1 heterocycles. The molecule has 1 amide bonds. The molecule has 1 fully saturated rings. The van der Waals surface area contributed by atoms with E-state index in [-0.39, 0.29) is 13.2 Å². The molecule has 0 spiro atoms. The van der Waals surface area contributed by atoms with Gasteiger partial charge in [-0.3, -0.25) is 4.18 Å². The van der Waals surface area contributed by atoms with Crippen LogP contribution in [0.2, 0.25) is 0 Å². The minimum absolute atomic E-state index is 0.0605. The molecule has 0 saturated carbocycles. The second-order valence-corrected chi connectivity index (χ2v) is 6.98. The molecule has 0 N–H and O–H groups in total. The average molecular weight is 341 g/mol. The normalized spacial score (nSPS) is 21.1. The number of ether oxygens (including phenoxy) is 2. The Bertz CT molecular complexity index is 598. The smallest absolute Gasteiger partial charge is 0.424 e. The molecule has 1 aromatic rings. The Labute approximate surface area is 137 Å². The maximum atomic E-state index is 12.2. The fraction of sp³-hybridized carbons (Fsp3) is 0.467. The van der Waals surface area contributed by atoms with E-state index in [4.69, 9.17) is 13.7 Å². The zero-order valence-corrected chi connectivity index (χ0v) is 14.0. The molecule has 0 radical (unpaired) electrons. The van der Waals surface area contributed by atoms with Gasteiger partial charge in [0.15, 0.2) is 6.04 Å². The largest absolute Gasteiger partial charge is 0.459 e. The van der Waals surface area contributed by atoms with E-state index in [9.17, 15) is 13.8 Å². The van der Waals surface area contributed by atoms with Gasteiger partial charge in [0, 0.05) is 0 Å². The number of nitrogens with zero attached hydrogens (tertiary/aromatic N) is 1. The molecule has 1 aliphatic rings. The van der Waals surface area contributed by atoms with Gasteiger partial charge in [-0.1, -0.05) is 30.3 Å². The maximum Gasteiger partial charge on any atom is 0.424 e. The number of amides is 1. The third-order valence-corrected chi connectivity index (χ3v) is 3.90. The lowest BCUT2D eigenvalue weighted by molar-refractivity contribution is -0.149. The van der Waals surface area contributed by atoms with Crippen molar-refractivity contribution in [1.29, 1.82) is 0 Å². The molecule has 7 nitrogen and oxygen atoms in total. The van der Waals surface area contributed by atoms with Crippen LogP contribution >= 0.6 is 0 Å². The SMILES string of the molecule is CC(C)(C)OC(=O)N1[C@H](C(=O)OCc2ccccc2)COS1=O. The summed E-state index contributed by atoms with van der Waals surface area (Å²) in [6, 6.07) is 8.02. The monoisotopic (exact) mass is 341 g/mol. The number of benzene rings is 1. The highest BCUT2D eigenvalue weighted by atomic mass is 32.2. The van der Waals surface area contributed by atoms with Crippen LogP contribution in [0.25, 0.3) is 0 Å². The van der Waals surface area contributed by atoms with Gasteiger partial charge in [-0.15, -0.1) is 0 Å². The first-order valence-corrected chi connectivity index (χ1v) is 8.09. The topological polar surface area (TPSA) is 82.1 Å². The minimum Gasteiger partial charge on any atom is -0.459 e. The first kappa shape index (κ1) is 17.4. The second kappa shape index (κ2) is 7.10. The summed E-state index contributed by atoms with van der Waals surface area (Å²) in [5.74, 6) is -0.689. The summed E-state index contributed by atoms with van der Waals surface area (Å²) in [6.07, 6.45) is -0.880. The molecule has 1 unspecified atom stereocenters. The van der Waals surface area contributed by atoms with Gasteiger partial charge < -0.3 is 9.47 Å². The summed E-state index contributed by atoms with van der Waals surface area (Å²) in [5.41, 5.74) is 0.0345. The highest BCUT2D eigenvalue weighted by molar-refractivity contribution is 7.78. The maximum absolute atomic E-state index is 12.2. The summed E-state index contributed by atoms with van der Waals surface area (Å²) in [5, 5.41) is 0.